The van der Waals surface area contributed by atoms with E-state index in [0.29, 0.717) is 58.3 Å². The van der Waals surface area contributed by atoms with Crippen molar-refractivity contribution in [2.24, 2.45) is 4.99 Å². The summed E-state index contributed by atoms with van der Waals surface area (Å²) in [6.07, 6.45) is 3.76. The van der Waals surface area contributed by atoms with E-state index < -0.39 is 17.7 Å². The molecule has 3 atom stereocenters. The van der Waals surface area contributed by atoms with E-state index in [0.717, 1.165) is 39.3 Å². The summed E-state index contributed by atoms with van der Waals surface area (Å²) < 4.78 is 50.0. The predicted molar refractivity (Wildman–Crippen MR) is 200 cm³/mol. The van der Waals surface area contributed by atoms with Crippen molar-refractivity contribution in [1.82, 2.24) is 30.3 Å². The number of aromatic nitrogens is 3. The lowest BCUT2D eigenvalue weighted by atomic mass is 9.98. The first-order valence-electron chi connectivity index (χ1n) is 18.1. The molecular formula is C41H45F2N7O3. The molecule has 5 aromatic rings. The molecule has 0 saturated carbocycles. The van der Waals surface area contributed by atoms with Crippen LogP contribution in [0.1, 0.15) is 42.1 Å². The summed E-state index contributed by atoms with van der Waals surface area (Å²) in [5.74, 6) is 0.882. The summed E-state index contributed by atoms with van der Waals surface area (Å²) in [4.78, 5) is 11.2. The maximum atomic E-state index is 15.4. The molecule has 0 aliphatic carbocycles. The number of morpholine rings is 1. The second kappa shape index (κ2) is 17.0. The molecule has 3 heterocycles. The third-order valence-corrected chi connectivity index (χ3v) is 9.50. The molecule has 10 nitrogen and oxygen atoms in total. The predicted octanol–water partition coefficient (Wildman–Crippen LogP) is 6.17. The van der Waals surface area contributed by atoms with Crippen molar-refractivity contribution >= 4 is 5.96 Å². The van der Waals surface area contributed by atoms with Crippen LogP contribution in [0, 0.1) is 11.6 Å². The van der Waals surface area contributed by atoms with Gasteiger partial charge in [0.05, 0.1) is 31.3 Å². The lowest BCUT2D eigenvalue weighted by molar-refractivity contribution is -0.0810. The first-order valence-corrected chi connectivity index (χ1v) is 18.1. The molecule has 3 unspecified atom stereocenters. The molecule has 2 N–H and O–H groups in total. The van der Waals surface area contributed by atoms with Gasteiger partial charge in [-0.3, -0.25) is 4.90 Å². The zero-order valence-electron chi connectivity index (χ0n) is 30.1. The van der Waals surface area contributed by atoms with Gasteiger partial charge in [0.25, 0.3) is 0 Å². The number of guanidine groups is 1. The van der Waals surface area contributed by atoms with Gasteiger partial charge in [-0.1, -0.05) is 60.7 Å². The number of fused-ring (bicyclic) bond motifs is 1. The Bertz CT molecular complexity index is 1960. The van der Waals surface area contributed by atoms with Crippen molar-refractivity contribution < 1.29 is 23.0 Å². The molecule has 4 aromatic carbocycles. The highest BCUT2D eigenvalue weighted by Crippen LogP contribution is 2.31. The second-order valence-corrected chi connectivity index (χ2v) is 13.5. The molecule has 0 spiro atoms. The minimum absolute atomic E-state index is 0.0366. The third kappa shape index (κ3) is 9.19. The summed E-state index contributed by atoms with van der Waals surface area (Å²) in [5, 5.41) is 11.2. The minimum Gasteiger partial charge on any atom is -0.486 e. The highest BCUT2D eigenvalue weighted by Gasteiger charge is 2.32. The van der Waals surface area contributed by atoms with Crippen LogP contribution in [0.5, 0.6) is 11.5 Å². The summed E-state index contributed by atoms with van der Waals surface area (Å²) in [5.41, 5.74) is 5.42. The molecule has 0 bridgehead atoms. The second-order valence-electron chi connectivity index (χ2n) is 13.5. The number of nitrogens with zero attached hydrogens (tertiary/aromatic N) is 5. The third-order valence-electron chi connectivity index (χ3n) is 9.50. The number of aliphatic imine (C=N–C) groups is 1. The minimum atomic E-state index is -0.599. The van der Waals surface area contributed by atoms with E-state index in [4.69, 9.17) is 19.2 Å². The van der Waals surface area contributed by atoms with Gasteiger partial charge in [0.1, 0.15) is 37.5 Å². The highest BCUT2D eigenvalue weighted by molar-refractivity contribution is 5.80. The first kappa shape index (κ1) is 36.0. The van der Waals surface area contributed by atoms with Crippen LogP contribution in [-0.4, -0.2) is 77.2 Å². The van der Waals surface area contributed by atoms with Crippen LogP contribution in [0.4, 0.5) is 8.78 Å². The molecule has 1 saturated heterocycles. The molecule has 1 aromatic heterocycles. The maximum Gasteiger partial charge on any atom is 0.191 e. The van der Waals surface area contributed by atoms with Crippen LogP contribution < -0.4 is 20.1 Å². The van der Waals surface area contributed by atoms with Crippen molar-refractivity contribution in [2.75, 3.05) is 39.4 Å². The van der Waals surface area contributed by atoms with E-state index >= 15 is 8.78 Å². The van der Waals surface area contributed by atoms with Gasteiger partial charge in [0, 0.05) is 31.7 Å². The smallest absolute Gasteiger partial charge is 0.191 e. The van der Waals surface area contributed by atoms with Crippen molar-refractivity contribution in [2.45, 2.75) is 51.6 Å². The number of benzene rings is 4. The Morgan fingerprint density at radius 3 is 2.36 bits per heavy atom. The summed E-state index contributed by atoms with van der Waals surface area (Å²) >= 11 is 0. The van der Waals surface area contributed by atoms with Crippen molar-refractivity contribution in [3.8, 4) is 22.6 Å². The largest absolute Gasteiger partial charge is 0.486 e. The van der Waals surface area contributed by atoms with Crippen LogP contribution in [0.25, 0.3) is 11.1 Å². The van der Waals surface area contributed by atoms with E-state index in [1.807, 2.05) is 44.2 Å². The molecule has 7 rings (SSSR count). The zero-order chi connectivity index (χ0) is 36.6. The topological polar surface area (TPSA) is 98.1 Å². The van der Waals surface area contributed by atoms with Crippen molar-refractivity contribution in [3.63, 3.8) is 0 Å². The number of nitrogens with one attached hydrogen (secondary N) is 2. The Morgan fingerprint density at radius 1 is 0.868 bits per heavy atom. The fourth-order valence-electron chi connectivity index (χ4n) is 7.05. The van der Waals surface area contributed by atoms with Gasteiger partial charge in [-0.25, -0.2) is 23.4 Å². The molecule has 53 heavy (non-hydrogen) atoms. The monoisotopic (exact) mass is 721 g/mol. The Labute approximate surface area is 308 Å². The van der Waals surface area contributed by atoms with E-state index in [1.54, 1.807) is 11.0 Å². The molecule has 0 amide bonds. The number of halogens is 2. The Hall–Kier alpha value is -5.33. The SMILES string of the molecule is CC1CN(C(CNC(=NCc2ccccc2-c2ccc(Cn3cncn3)cc2)NCCc2ccc3c(c2)OCCO3)c2c(F)cccc2F)CC(C)O1. The van der Waals surface area contributed by atoms with Crippen LogP contribution in [-0.2, 0) is 24.2 Å². The quantitative estimate of drug-likeness (QED) is 0.117. The Morgan fingerprint density at radius 2 is 1.60 bits per heavy atom. The zero-order valence-corrected chi connectivity index (χ0v) is 30.1. The molecule has 12 heteroatoms. The number of rotatable bonds is 12. The molecule has 2 aliphatic rings. The van der Waals surface area contributed by atoms with Gasteiger partial charge < -0.3 is 24.8 Å². The summed E-state index contributed by atoms with van der Waals surface area (Å²) in [6.45, 7) is 7.91. The molecular weight excluding hydrogens is 676 g/mol. The average molecular weight is 722 g/mol. The van der Waals surface area contributed by atoms with E-state index in [-0.39, 0.29) is 24.3 Å². The van der Waals surface area contributed by atoms with Gasteiger partial charge in [-0.15, -0.1) is 0 Å². The van der Waals surface area contributed by atoms with Gasteiger partial charge in [0.2, 0.25) is 0 Å². The highest BCUT2D eigenvalue weighted by atomic mass is 19.1. The molecule has 1 fully saturated rings. The van der Waals surface area contributed by atoms with Gasteiger partial charge in [-0.05, 0) is 72.4 Å². The van der Waals surface area contributed by atoms with E-state index in [9.17, 15) is 0 Å². The van der Waals surface area contributed by atoms with Crippen LogP contribution in [0.15, 0.2) is 103 Å². The van der Waals surface area contributed by atoms with Crippen LogP contribution in [0.2, 0.25) is 0 Å². The number of hydrogen-bond acceptors (Lipinski definition) is 7. The molecule has 276 valence electrons. The first-order chi connectivity index (χ1) is 25.9. The summed E-state index contributed by atoms with van der Waals surface area (Å²) in [6, 6.07) is 26.0. The molecule has 2 aliphatic heterocycles. The van der Waals surface area contributed by atoms with Gasteiger partial charge in [0.15, 0.2) is 17.5 Å². The van der Waals surface area contributed by atoms with Gasteiger partial charge >= 0.3 is 0 Å². The average Bonchev–Trinajstić information content (AvgIpc) is 3.68. The van der Waals surface area contributed by atoms with Crippen molar-refractivity contribution in [1.29, 1.82) is 0 Å². The summed E-state index contributed by atoms with van der Waals surface area (Å²) in [7, 11) is 0. The van der Waals surface area contributed by atoms with Gasteiger partial charge in [-0.2, -0.15) is 5.10 Å². The lowest BCUT2D eigenvalue weighted by Crippen LogP contribution is -2.51. The fraction of sp³-hybridized carbons (Fsp3) is 0.341. The van der Waals surface area contributed by atoms with Crippen LogP contribution in [0.3, 0.4) is 0 Å². The number of ether oxygens (including phenoxy) is 3. The Kier molecular flexibility index (Phi) is 11.6. The van der Waals surface area contributed by atoms with Crippen LogP contribution >= 0.6 is 0 Å². The standard InChI is InChI=1S/C41H45F2N7O3/c1-28-23-49(24-29(2)53-28)37(40-35(42)8-5-9-36(40)43)22-47-41(45-17-16-30-12-15-38-39(20-30)52-19-18-51-38)46-21-33-6-3-4-7-34(33)32-13-10-31(11-14-32)25-50-27-44-26-48-50/h3-15,20,26-29,37H,16-19,21-25H2,1-2H3,(H2,45,46,47). The number of hydrogen-bond donors (Lipinski definition) is 2. The van der Waals surface area contributed by atoms with Crippen molar-refractivity contribution in [3.05, 3.63) is 131 Å². The van der Waals surface area contributed by atoms with E-state index in [1.165, 1.54) is 24.5 Å². The molecule has 0 radical (unpaired) electrons. The Balaban J connectivity index is 1.12. The van der Waals surface area contributed by atoms with E-state index in [2.05, 4.69) is 62.0 Å². The maximum absolute atomic E-state index is 15.4. The fourth-order valence-corrected chi connectivity index (χ4v) is 7.05. The normalized spacial score (nSPS) is 18.1. The lowest BCUT2D eigenvalue weighted by Gasteiger charge is -2.40.